The zero-order valence-electron chi connectivity index (χ0n) is 17.7. The van der Waals surface area contributed by atoms with Crippen molar-refractivity contribution in [3.05, 3.63) is 65.5 Å². The summed E-state index contributed by atoms with van der Waals surface area (Å²) in [7, 11) is 0. The predicted octanol–water partition coefficient (Wildman–Crippen LogP) is 5.90. The molecule has 3 nitrogen and oxygen atoms in total. The van der Waals surface area contributed by atoms with Crippen molar-refractivity contribution in [3.63, 3.8) is 0 Å². The average molecular weight is 431 g/mol. The largest absolute Gasteiger partial charge is 0.325 e. The van der Waals surface area contributed by atoms with Gasteiger partial charge in [0.15, 0.2) is 0 Å². The number of nitrogens with one attached hydrogen (secondary N) is 1. The molecule has 1 unspecified atom stereocenters. The van der Waals surface area contributed by atoms with Crippen LogP contribution in [-0.2, 0) is 10.2 Å². The summed E-state index contributed by atoms with van der Waals surface area (Å²) in [6.07, 6.45) is 6.23. The molecule has 2 heterocycles. The van der Waals surface area contributed by atoms with Gasteiger partial charge in [0.1, 0.15) is 5.82 Å². The fourth-order valence-corrected chi connectivity index (χ4v) is 5.14. The van der Waals surface area contributed by atoms with Crippen LogP contribution in [0.2, 0.25) is 0 Å². The molecular formula is C25H32ClFN2O. The SMILES string of the molecule is CCC1(CCCCN2CCC(c3ccc(F)cc3)CC2)C(=O)Nc2ccccc21.Cl. The Morgan fingerprint density at radius 1 is 1.07 bits per heavy atom. The number of piperidine rings is 1. The molecule has 30 heavy (non-hydrogen) atoms. The summed E-state index contributed by atoms with van der Waals surface area (Å²) in [4.78, 5) is 15.3. The van der Waals surface area contributed by atoms with Crippen molar-refractivity contribution in [2.75, 3.05) is 25.0 Å². The number of para-hydroxylation sites is 1. The first kappa shape index (κ1) is 22.8. The molecule has 0 radical (unpaired) electrons. The van der Waals surface area contributed by atoms with Gasteiger partial charge in [0.05, 0.1) is 5.41 Å². The van der Waals surface area contributed by atoms with Gasteiger partial charge in [-0.15, -0.1) is 12.4 Å². The van der Waals surface area contributed by atoms with Crippen LogP contribution in [0.5, 0.6) is 0 Å². The molecule has 1 N–H and O–H groups in total. The molecule has 1 saturated heterocycles. The molecule has 0 aliphatic carbocycles. The Hall–Kier alpha value is -1.91. The topological polar surface area (TPSA) is 32.3 Å². The summed E-state index contributed by atoms with van der Waals surface area (Å²) in [5.41, 5.74) is 3.07. The van der Waals surface area contributed by atoms with Crippen molar-refractivity contribution in [2.45, 2.75) is 56.8 Å². The number of halogens is 2. The van der Waals surface area contributed by atoms with Gasteiger partial charge in [-0.3, -0.25) is 4.79 Å². The Morgan fingerprint density at radius 3 is 2.47 bits per heavy atom. The maximum Gasteiger partial charge on any atom is 0.235 e. The van der Waals surface area contributed by atoms with E-state index in [1.807, 2.05) is 30.3 Å². The van der Waals surface area contributed by atoms with Crippen LogP contribution < -0.4 is 5.32 Å². The molecule has 0 bridgehead atoms. The molecule has 5 heteroatoms. The number of carbonyl (C=O) groups excluding carboxylic acids is 1. The summed E-state index contributed by atoms with van der Waals surface area (Å²) in [6.45, 7) is 5.43. The van der Waals surface area contributed by atoms with Crippen LogP contribution in [0.4, 0.5) is 10.1 Å². The van der Waals surface area contributed by atoms with E-state index in [1.165, 1.54) is 11.1 Å². The van der Waals surface area contributed by atoms with Crippen LogP contribution in [0, 0.1) is 5.82 Å². The Morgan fingerprint density at radius 2 is 1.77 bits per heavy atom. The standard InChI is InChI=1S/C25H31FN2O.ClH/c1-2-25(22-7-3-4-8-23(22)27-24(25)29)15-5-6-16-28-17-13-20(14-18-28)19-9-11-21(26)12-10-19;/h3-4,7-12,20H,2,5-6,13-18H2,1H3,(H,27,29);1H. The van der Waals surface area contributed by atoms with E-state index in [0.29, 0.717) is 5.92 Å². The van der Waals surface area contributed by atoms with Crippen LogP contribution in [-0.4, -0.2) is 30.4 Å². The molecule has 0 spiro atoms. The van der Waals surface area contributed by atoms with Gasteiger partial charge in [0.2, 0.25) is 5.91 Å². The molecule has 2 aromatic carbocycles. The fourth-order valence-electron chi connectivity index (χ4n) is 5.14. The first-order valence-corrected chi connectivity index (χ1v) is 11.0. The molecule has 0 saturated carbocycles. The second-order valence-electron chi connectivity index (χ2n) is 8.56. The highest BCUT2D eigenvalue weighted by Crippen LogP contribution is 2.43. The van der Waals surface area contributed by atoms with E-state index in [0.717, 1.165) is 63.8 Å². The number of benzene rings is 2. The quantitative estimate of drug-likeness (QED) is 0.555. The van der Waals surface area contributed by atoms with Gasteiger partial charge in [-0.25, -0.2) is 4.39 Å². The van der Waals surface area contributed by atoms with Crippen LogP contribution in [0.15, 0.2) is 48.5 Å². The number of anilines is 1. The van der Waals surface area contributed by atoms with Gasteiger partial charge < -0.3 is 10.2 Å². The molecule has 4 rings (SSSR count). The monoisotopic (exact) mass is 430 g/mol. The third kappa shape index (κ3) is 4.55. The Kier molecular flexibility index (Phi) is 7.54. The predicted molar refractivity (Wildman–Crippen MR) is 123 cm³/mol. The normalized spacial score (nSPS) is 21.7. The summed E-state index contributed by atoms with van der Waals surface area (Å²) in [6, 6.07) is 15.2. The maximum absolute atomic E-state index is 13.1. The number of hydrogen-bond acceptors (Lipinski definition) is 2. The first-order chi connectivity index (χ1) is 14.1. The van der Waals surface area contributed by atoms with E-state index in [1.54, 1.807) is 12.1 Å². The van der Waals surface area contributed by atoms with Crippen molar-refractivity contribution < 1.29 is 9.18 Å². The molecule has 2 aliphatic heterocycles. The molecule has 1 amide bonds. The smallest absolute Gasteiger partial charge is 0.235 e. The Labute approximate surface area is 185 Å². The molecule has 0 aromatic heterocycles. The number of carbonyl (C=O) groups is 1. The lowest BCUT2D eigenvalue weighted by atomic mass is 9.75. The van der Waals surface area contributed by atoms with Crippen molar-refractivity contribution in [1.82, 2.24) is 4.90 Å². The van der Waals surface area contributed by atoms with Crippen LogP contribution >= 0.6 is 12.4 Å². The molecular weight excluding hydrogens is 399 g/mol. The number of unbranched alkanes of at least 4 members (excludes halogenated alkanes) is 1. The second kappa shape index (κ2) is 9.93. The van der Waals surface area contributed by atoms with E-state index >= 15 is 0 Å². The lowest BCUT2D eigenvalue weighted by molar-refractivity contribution is -0.121. The number of amides is 1. The van der Waals surface area contributed by atoms with E-state index in [4.69, 9.17) is 0 Å². The highest BCUT2D eigenvalue weighted by atomic mass is 35.5. The van der Waals surface area contributed by atoms with E-state index in [-0.39, 0.29) is 29.5 Å². The minimum atomic E-state index is -0.355. The van der Waals surface area contributed by atoms with Gasteiger partial charge in [-0.2, -0.15) is 0 Å². The van der Waals surface area contributed by atoms with Crippen LogP contribution in [0.3, 0.4) is 0 Å². The number of likely N-dealkylation sites (tertiary alicyclic amines) is 1. The second-order valence-corrected chi connectivity index (χ2v) is 8.56. The van der Waals surface area contributed by atoms with Gasteiger partial charge >= 0.3 is 0 Å². The van der Waals surface area contributed by atoms with Crippen molar-refractivity contribution in [3.8, 4) is 0 Å². The highest BCUT2D eigenvalue weighted by molar-refractivity contribution is 6.06. The van der Waals surface area contributed by atoms with Crippen molar-refractivity contribution in [1.29, 1.82) is 0 Å². The van der Waals surface area contributed by atoms with Gasteiger partial charge in [0.25, 0.3) is 0 Å². The summed E-state index contributed by atoms with van der Waals surface area (Å²) in [5.74, 6) is 0.560. The lowest BCUT2D eigenvalue weighted by Gasteiger charge is -2.32. The average Bonchev–Trinajstić information content (AvgIpc) is 3.04. The highest BCUT2D eigenvalue weighted by Gasteiger charge is 2.44. The summed E-state index contributed by atoms with van der Waals surface area (Å²) >= 11 is 0. The molecule has 1 fully saturated rings. The maximum atomic E-state index is 13.1. The number of hydrogen-bond donors (Lipinski definition) is 1. The third-order valence-electron chi connectivity index (χ3n) is 6.99. The van der Waals surface area contributed by atoms with Crippen LogP contribution in [0.25, 0.3) is 0 Å². The number of nitrogens with zero attached hydrogens (tertiary/aromatic N) is 1. The van der Waals surface area contributed by atoms with E-state index < -0.39 is 0 Å². The van der Waals surface area contributed by atoms with E-state index in [2.05, 4.69) is 23.2 Å². The Bertz CT molecular complexity index is 848. The van der Waals surface area contributed by atoms with Crippen molar-refractivity contribution >= 4 is 24.0 Å². The van der Waals surface area contributed by atoms with Gasteiger partial charge in [-0.1, -0.05) is 43.7 Å². The van der Waals surface area contributed by atoms with E-state index in [9.17, 15) is 9.18 Å². The number of fused-ring (bicyclic) bond motifs is 1. The summed E-state index contributed by atoms with van der Waals surface area (Å²) < 4.78 is 13.1. The molecule has 162 valence electrons. The molecule has 2 aliphatic rings. The number of rotatable bonds is 7. The van der Waals surface area contributed by atoms with Gasteiger partial charge in [0, 0.05) is 5.69 Å². The molecule has 1 atom stereocenters. The Balaban J connectivity index is 0.00000256. The first-order valence-electron chi connectivity index (χ1n) is 11.0. The zero-order chi connectivity index (χ0) is 20.3. The summed E-state index contributed by atoms with van der Waals surface area (Å²) in [5, 5.41) is 3.08. The zero-order valence-corrected chi connectivity index (χ0v) is 18.5. The fraction of sp³-hybridized carbons (Fsp3) is 0.480. The third-order valence-corrected chi connectivity index (χ3v) is 6.99. The van der Waals surface area contributed by atoms with Gasteiger partial charge in [-0.05, 0) is 87.0 Å². The lowest BCUT2D eigenvalue weighted by Crippen LogP contribution is -2.35. The van der Waals surface area contributed by atoms with Crippen molar-refractivity contribution in [2.24, 2.45) is 0 Å². The molecule has 2 aromatic rings. The minimum absolute atomic E-state index is 0. The van der Waals surface area contributed by atoms with Crippen LogP contribution in [0.1, 0.15) is 62.5 Å². The minimum Gasteiger partial charge on any atom is -0.325 e.